The number of ether oxygens (including phenoxy) is 1. The number of hydrogen-bond donors (Lipinski definition) is 1. The standard InChI is InChI=1S/C12H18N4O3S2/c1-15-9-14-11(13)12(15)21(17,18)16(5-6-19-2)8-10-4-3-7-20-10/h3-4,7,9H,5-6,8,13H2,1-2H3. The van der Waals surface area contributed by atoms with Gasteiger partial charge in [-0.2, -0.15) is 4.31 Å². The SMILES string of the molecule is COCCN(Cc1cccs1)S(=O)(=O)c1c(N)ncn1C. The Bertz CT molecular complexity index is 660. The first-order valence-electron chi connectivity index (χ1n) is 6.25. The number of aromatic nitrogens is 2. The Morgan fingerprint density at radius 2 is 2.29 bits per heavy atom. The average Bonchev–Trinajstić information content (AvgIpc) is 3.04. The molecule has 0 bridgehead atoms. The number of nitrogens with two attached hydrogens (primary N) is 1. The Labute approximate surface area is 128 Å². The van der Waals surface area contributed by atoms with Crippen molar-refractivity contribution in [1.29, 1.82) is 0 Å². The summed E-state index contributed by atoms with van der Waals surface area (Å²) in [7, 11) is -0.589. The zero-order chi connectivity index (χ0) is 15.5. The summed E-state index contributed by atoms with van der Waals surface area (Å²) < 4.78 is 33.4. The second-order valence-electron chi connectivity index (χ2n) is 4.46. The number of imidazole rings is 1. The van der Waals surface area contributed by atoms with Crippen molar-refractivity contribution in [1.82, 2.24) is 13.9 Å². The molecule has 9 heteroatoms. The molecule has 0 aliphatic heterocycles. The molecular formula is C12H18N4O3S2. The van der Waals surface area contributed by atoms with Crippen molar-refractivity contribution in [2.75, 3.05) is 26.0 Å². The maximum Gasteiger partial charge on any atom is 0.262 e. The number of nitrogens with zero attached hydrogens (tertiary/aromatic N) is 3. The van der Waals surface area contributed by atoms with Gasteiger partial charge in [-0.05, 0) is 11.4 Å². The van der Waals surface area contributed by atoms with Gasteiger partial charge in [0.05, 0.1) is 12.9 Å². The third kappa shape index (κ3) is 3.43. The van der Waals surface area contributed by atoms with Gasteiger partial charge >= 0.3 is 0 Å². The quantitative estimate of drug-likeness (QED) is 0.814. The fourth-order valence-electron chi connectivity index (χ4n) is 1.93. The summed E-state index contributed by atoms with van der Waals surface area (Å²) in [5.41, 5.74) is 5.70. The zero-order valence-electron chi connectivity index (χ0n) is 11.9. The summed E-state index contributed by atoms with van der Waals surface area (Å²) in [4.78, 5) is 4.80. The number of aryl methyl sites for hydroxylation is 1. The van der Waals surface area contributed by atoms with Crippen LogP contribution in [0.3, 0.4) is 0 Å². The summed E-state index contributed by atoms with van der Waals surface area (Å²) in [6.45, 7) is 0.845. The van der Waals surface area contributed by atoms with Gasteiger partial charge in [-0.25, -0.2) is 13.4 Å². The highest BCUT2D eigenvalue weighted by atomic mass is 32.2. The normalized spacial score (nSPS) is 12.1. The van der Waals surface area contributed by atoms with Gasteiger partial charge < -0.3 is 15.0 Å². The molecule has 0 saturated carbocycles. The van der Waals surface area contributed by atoms with Gasteiger partial charge in [-0.3, -0.25) is 0 Å². The van der Waals surface area contributed by atoms with Gasteiger partial charge in [0.25, 0.3) is 10.0 Å². The van der Waals surface area contributed by atoms with E-state index in [1.54, 1.807) is 7.05 Å². The first kappa shape index (κ1) is 16.0. The molecule has 0 amide bonds. The number of rotatable bonds is 7. The zero-order valence-corrected chi connectivity index (χ0v) is 13.5. The van der Waals surface area contributed by atoms with Crippen LogP contribution in [0.1, 0.15) is 4.88 Å². The van der Waals surface area contributed by atoms with Crippen LogP contribution in [0.15, 0.2) is 28.9 Å². The molecular weight excluding hydrogens is 312 g/mol. The van der Waals surface area contributed by atoms with Gasteiger partial charge in [0, 0.05) is 32.1 Å². The minimum Gasteiger partial charge on any atom is -0.383 e. The largest absolute Gasteiger partial charge is 0.383 e. The molecule has 0 aliphatic carbocycles. The second-order valence-corrected chi connectivity index (χ2v) is 7.34. The predicted molar refractivity (Wildman–Crippen MR) is 81.4 cm³/mol. The first-order valence-corrected chi connectivity index (χ1v) is 8.57. The van der Waals surface area contributed by atoms with Crippen LogP contribution in [0.4, 0.5) is 5.82 Å². The average molecular weight is 330 g/mol. The minimum atomic E-state index is -3.73. The summed E-state index contributed by atoms with van der Waals surface area (Å²) in [6.07, 6.45) is 1.39. The number of thiophene rings is 1. The first-order chi connectivity index (χ1) is 9.96. The lowest BCUT2D eigenvalue weighted by Gasteiger charge is -2.21. The summed E-state index contributed by atoms with van der Waals surface area (Å²) in [5, 5.41) is 1.92. The van der Waals surface area contributed by atoms with Crippen molar-refractivity contribution in [2.24, 2.45) is 7.05 Å². The number of nitrogen functional groups attached to an aromatic ring is 1. The molecule has 0 radical (unpaired) electrons. The molecule has 0 spiro atoms. The van der Waals surface area contributed by atoms with Gasteiger partial charge in [-0.15, -0.1) is 11.3 Å². The van der Waals surface area contributed by atoms with Gasteiger partial charge in [0.2, 0.25) is 0 Å². The van der Waals surface area contributed by atoms with E-state index in [0.29, 0.717) is 6.61 Å². The highest BCUT2D eigenvalue weighted by Gasteiger charge is 2.30. The van der Waals surface area contributed by atoms with Crippen molar-refractivity contribution in [3.05, 3.63) is 28.7 Å². The molecule has 2 heterocycles. The van der Waals surface area contributed by atoms with E-state index in [4.69, 9.17) is 10.5 Å². The Morgan fingerprint density at radius 3 is 2.81 bits per heavy atom. The van der Waals surface area contributed by atoms with Crippen LogP contribution in [0.25, 0.3) is 0 Å². The summed E-state index contributed by atoms with van der Waals surface area (Å²) in [5.74, 6) is 0.00564. The topological polar surface area (TPSA) is 90.4 Å². The van der Waals surface area contributed by atoms with Crippen molar-refractivity contribution in [3.8, 4) is 0 Å². The molecule has 116 valence electrons. The van der Waals surface area contributed by atoms with Gasteiger partial charge in [0.15, 0.2) is 10.8 Å². The molecule has 2 rings (SSSR count). The van der Waals surface area contributed by atoms with E-state index in [1.807, 2.05) is 17.5 Å². The molecule has 21 heavy (non-hydrogen) atoms. The van der Waals surface area contributed by atoms with Crippen LogP contribution >= 0.6 is 11.3 Å². The number of hydrogen-bond acceptors (Lipinski definition) is 6. The molecule has 0 atom stereocenters. The molecule has 0 unspecified atom stereocenters. The van der Waals surface area contributed by atoms with Crippen LogP contribution in [0.5, 0.6) is 0 Å². The van der Waals surface area contributed by atoms with E-state index < -0.39 is 10.0 Å². The second kappa shape index (κ2) is 6.56. The summed E-state index contributed by atoms with van der Waals surface area (Å²) in [6, 6.07) is 3.78. The molecule has 0 fully saturated rings. The maximum absolute atomic E-state index is 12.8. The Morgan fingerprint density at radius 1 is 1.52 bits per heavy atom. The van der Waals surface area contributed by atoms with Crippen LogP contribution in [-0.2, 0) is 28.4 Å². The molecule has 0 aromatic carbocycles. The molecule has 0 saturated heterocycles. The third-order valence-corrected chi connectivity index (χ3v) is 5.79. The van der Waals surface area contributed by atoms with E-state index in [-0.39, 0.29) is 23.9 Å². The highest BCUT2D eigenvalue weighted by Crippen LogP contribution is 2.23. The van der Waals surface area contributed by atoms with E-state index in [1.165, 1.54) is 33.6 Å². The van der Waals surface area contributed by atoms with Crippen LogP contribution in [0.2, 0.25) is 0 Å². The molecule has 2 aromatic rings. The van der Waals surface area contributed by atoms with Gasteiger partial charge in [-0.1, -0.05) is 6.07 Å². The van der Waals surface area contributed by atoms with Crippen LogP contribution in [0, 0.1) is 0 Å². The highest BCUT2D eigenvalue weighted by molar-refractivity contribution is 7.89. The molecule has 7 nitrogen and oxygen atoms in total. The van der Waals surface area contributed by atoms with Crippen molar-refractivity contribution < 1.29 is 13.2 Å². The fourth-order valence-corrected chi connectivity index (χ4v) is 4.32. The molecule has 2 N–H and O–H groups in total. The van der Waals surface area contributed by atoms with Gasteiger partial charge in [0.1, 0.15) is 0 Å². The van der Waals surface area contributed by atoms with Crippen molar-refractivity contribution >= 4 is 27.2 Å². The smallest absolute Gasteiger partial charge is 0.262 e. The fraction of sp³-hybridized carbons (Fsp3) is 0.417. The Balaban J connectivity index is 2.34. The van der Waals surface area contributed by atoms with E-state index >= 15 is 0 Å². The number of anilines is 1. The lowest BCUT2D eigenvalue weighted by Crippen LogP contribution is -2.34. The van der Waals surface area contributed by atoms with Crippen molar-refractivity contribution in [2.45, 2.75) is 11.6 Å². The third-order valence-electron chi connectivity index (χ3n) is 2.95. The van der Waals surface area contributed by atoms with E-state index in [9.17, 15) is 8.42 Å². The lowest BCUT2D eigenvalue weighted by atomic mass is 10.4. The van der Waals surface area contributed by atoms with Crippen molar-refractivity contribution in [3.63, 3.8) is 0 Å². The molecule has 0 aliphatic rings. The minimum absolute atomic E-state index is 0.00564. The Kier molecular flexibility index (Phi) is 4.99. The molecule has 2 aromatic heterocycles. The maximum atomic E-state index is 12.8. The lowest BCUT2D eigenvalue weighted by molar-refractivity contribution is 0.177. The van der Waals surface area contributed by atoms with Crippen LogP contribution in [-0.4, -0.2) is 42.5 Å². The van der Waals surface area contributed by atoms with E-state index in [0.717, 1.165) is 4.88 Å². The Hall–Kier alpha value is -1.42. The monoisotopic (exact) mass is 330 g/mol. The van der Waals surface area contributed by atoms with Crippen LogP contribution < -0.4 is 5.73 Å². The van der Waals surface area contributed by atoms with E-state index in [2.05, 4.69) is 4.98 Å². The number of methoxy groups -OCH3 is 1. The predicted octanol–water partition coefficient (Wildman–Crippen LogP) is 0.901. The number of sulfonamides is 1. The summed E-state index contributed by atoms with van der Waals surface area (Å²) >= 11 is 1.51.